The molecule has 2 aliphatic heterocycles. The van der Waals surface area contributed by atoms with Crippen LogP contribution < -0.4 is 14.5 Å². The predicted molar refractivity (Wildman–Crippen MR) is 111 cm³/mol. The highest BCUT2D eigenvalue weighted by molar-refractivity contribution is 6.16. The molecule has 2 aromatic rings. The minimum absolute atomic E-state index is 0.130. The van der Waals surface area contributed by atoms with Crippen LogP contribution in [0.4, 0.5) is 16.2 Å². The van der Waals surface area contributed by atoms with Gasteiger partial charge < -0.3 is 14.6 Å². The summed E-state index contributed by atoms with van der Waals surface area (Å²) in [7, 11) is 1.43. The maximum absolute atomic E-state index is 13.8. The largest absolute Gasteiger partial charge is 0.504 e. The number of fused-ring (bicyclic) bond motifs is 3. The number of phenolic OH excluding ortho intramolecular Hbond substituents is 1. The molecule has 1 saturated carbocycles. The first-order chi connectivity index (χ1) is 14.2. The lowest BCUT2D eigenvalue weighted by molar-refractivity contribution is 0.0575. The number of hydrogen-bond donors (Lipinski definition) is 1. The summed E-state index contributed by atoms with van der Waals surface area (Å²) in [6, 6.07) is 10.5. The molecule has 30 heavy (non-hydrogen) atoms. The lowest BCUT2D eigenvalue weighted by atomic mass is 10.1. The summed E-state index contributed by atoms with van der Waals surface area (Å²) in [5, 5.41) is 10.4. The van der Waals surface area contributed by atoms with Crippen LogP contribution in [0.2, 0.25) is 0 Å². The van der Waals surface area contributed by atoms with Gasteiger partial charge in [-0.05, 0) is 44.9 Å². The van der Waals surface area contributed by atoms with Gasteiger partial charge in [-0.25, -0.2) is 4.79 Å². The summed E-state index contributed by atoms with van der Waals surface area (Å²) >= 11 is 0. The lowest BCUT2D eigenvalue weighted by Gasteiger charge is -2.29. The number of carbonyl (C=O) groups excluding carboxylic acids is 2. The minimum atomic E-state index is -0.692. The van der Waals surface area contributed by atoms with E-state index in [1.54, 1.807) is 25.7 Å². The van der Waals surface area contributed by atoms with Gasteiger partial charge in [0.1, 0.15) is 5.60 Å². The number of methoxy groups -OCH3 is 1. The summed E-state index contributed by atoms with van der Waals surface area (Å²) in [4.78, 5) is 30.4. The third kappa shape index (κ3) is 2.51. The van der Waals surface area contributed by atoms with E-state index in [9.17, 15) is 14.7 Å². The number of ether oxygens (including phenoxy) is 2. The molecule has 0 aromatic heterocycles. The number of carbonyl (C=O) groups is 2. The number of benzene rings is 2. The molecule has 0 saturated heterocycles. The molecule has 1 aliphatic carbocycles. The van der Waals surface area contributed by atoms with Crippen molar-refractivity contribution in [1.29, 1.82) is 0 Å². The van der Waals surface area contributed by atoms with E-state index in [1.165, 1.54) is 19.2 Å². The molecular weight excluding hydrogens is 384 g/mol. The quantitative estimate of drug-likeness (QED) is 0.775. The van der Waals surface area contributed by atoms with Crippen molar-refractivity contribution in [3.8, 4) is 11.5 Å². The fourth-order valence-corrected chi connectivity index (χ4v) is 4.79. The van der Waals surface area contributed by atoms with Crippen molar-refractivity contribution in [2.24, 2.45) is 0 Å². The second kappa shape index (κ2) is 5.90. The highest BCUT2D eigenvalue weighted by atomic mass is 16.6. The van der Waals surface area contributed by atoms with Crippen LogP contribution in [0.15, 0.2) is 36.4 Å². The average molecular weight is 408 g/mol. The van der Waals surface area contributed by atoms with Crippen molar-refractivity contribution in [3.05, 3.63) is 47.5 Å². The Hall–Kier alpha value is -3.22. The number of aromatic hydroxyl groups is 1. The number of hydrogen-bond acceptors (Lipinski definition) is 5. The number of rotatable bonds is 1. The number of para-hydroxylation sites is 1. The van der Waals surface area contributed by atoms with E-state index < -0.39 is 17.2 Å². The van der Waals surface area contributed by atoms with Gasteiger partial charge in [0.15, 0.2) is 11.5 Å². The van der Waals surface area contributed by atoms with Crippen molar-refractivity contribution in [1.82, 2.24) is 0 Å². The van der Waals surface area contributed by atoms with Gasteiger partial charge in [-0.15, -0.1) is 0 Å². The van der Waals surface area contributed by atoms with Gasteiger partial charge in [-0.1, -0.05) is 18.2 Å². The predicted octanol–water partition coefficient (Wildman–Crippen LogP) is 3.87. The Morgan fingerprint density at radius 3 is 2.63 bits per heavy atom. The van der Waals surface area contributed by atoms with Crippen LogP contribution in [-0.4, -0.2) is 41.4 Å². The van der Waals surface area contributed by atoms with Crippen LogP contribution in [0.5, 0.6) is 11.5 Å². The third-order valence-electron chi connectivity index (χ3n) is 6.07. The van der Waals surface area contributed by atoms with Crippen molar-refractivity contribution < 1.29 is 24.2 Å². The molecule has 0 radical (unpaired) electrons. The molecule has 2 aromatic carbocycles. The summed E-state index contributed by atoms with van der Waals surface area (Å²) in [5.74, 6) is -0.153. The molecule has 2 unspecified atom stereocenters. The Morgan fingerprint density at radius 1 is 1.20 bits per heavy atom. The van der Waals surface area contributed by atoms with Crippen LogP contribution in [-0.2, 0) is 11.2 Å². The fourth-order valence-electron chi connectivity index (χ4n) is 4.79. The zero-order chi connectivity index (χ0) is 21.4. The number of anilines is 2. The van der Waals surface area contributed by atoms with Crippen LogP contribution in [0.3, 0.4) is 0 Å². The molecule has 2 atom stereocenters. The minimum Gasteiger partial charge on any atom is -0.504 e. The van der Waals surface area contributed by atoms with Crippen molar-refractivity contribution in [2.75, 3.05) is 16.9 Å². The van der Waals surface area contributed by atoms with Crippen LogP contribution >= 0.6 is 0 Å². The molecule has 1 fully saturated rings. The molecule has 0 bridgehead atoms. The lowest BCUT2D eigenvalue weighted by Crippen LogP contribution is -2.45. The Balaban J connectivity index is 1.71. The van der Waals surface area contributed by atoms with Gasteiger partial charge in [-0.3, -0.25) is 14.6 Å². The van der Waals surface area contributed by atoms with Gasteiger partial charge in [0, 0.05) is 18.2 Å². The van der Waals surface area contributed by atoms with Crippen molar-refractivity contribution in [3.63, 3.8) is 0 Å². The smallest absolute Gasteiger partial charge is 0.415 e. The Morgan fingerprint density at radius 2 is 1.93 bits per heavy atom. The Bertz CT molecular complexity index is 1090. The summed E-state index contributed by atoms with van der Waals surface area (Å²) in [6.45, 7) is 5.42. The van der Waals surface area contributed by atoms with Gasteiger partial charge in [0.2, 0.25) is 0 Å². The summed E-state index contributed by atoms with van der Waals surface area (Å²) < 4.78 is 10.9. The molecule has 2 amide bonds. The maximum atomic E-state index is 13.8. The SMILES string of the molecule is COc1cc2c(cc1O)N(C(=O)OC(C)(C)C)C1CC13Cc1ccccc1N3C2=O. The first-order valence-corrected chi connectivity index (χ1v) is 10.0. The topological polar surface area (TPSA) is 79.3 Å². The second-order valence-corrected chi connectivity index (χ2v) is 9.16. The Labute approximate surface area is 174 Å². The molecule has 7 heteroatoms. The van der Waals surface area contributed by atoms with Crippen molar-refractivity contribution in [2.45, 2.75) is 50.8 Å². The van der Waals surface area contributed by atoms with E-state index in [0.29, 0.717) is 24.1 Å². The van der Waals surface area contributed by atoms with Crippen LogP contribution in [0.25, 0.3) is 0 Å². The van der Waals surface area contributed by atoms with Crippen LogP contribution in [0, 0.1) is 0 Å². The van der Waals surface area contributed by atoms with E-state index in [1.807, 2.05) is 29.2 Å². The first kappa shape index (κ1) is 18.8. The summed E-state index contributed by atoms with van der Waals surface area (Å²) in [5.41, 5.74) is 1.42. The third-order valence-corrected chi connectivity index (χ3v) is 6.07. The second-order valence-electron chi connectivity index (χ2n) is 9.16. The fraction of sp³-hybridized carbons (Fsp3) is 0.391. The number of nitrogens with zero attached hydrogens (tertiary/aromatic N) is 2. The molecule has 1 spiro atoms. The number of amides is 2. The molecule has 7 nitrogen and oxygen atoms in total. The Kier molecular flexibility index (Phi) is 3.70. The zero-order valence-corrected chi connectivity index (χ0v) is 17.4. The van der Waals surface area contributed by atoms with Gasteiger partial charge in [-0.2, -0.15) is 0 Å². The highest BCUT2D eigenvalue weighted by Gasteiger charge is 2.69. The van der Waals surface area contributed by atoms with E-state index in [0.717, 1.165) is 11.3 Å². The monoisotopic (exact) mass is 408 g/mol. The molecule has 156 valence electrons. The summed E-state index contributed by atoms with van der Waals surface area (Å²) in [6.07, 6.45) is 0.801. The van der Waals surface area contributed by atoms with E-state index in [2.05, 4.69) is 0 Å². The van der Waals surface area contributed by atoms with Crippen LogP contribution in [0.1, 0.15) is 43.1 Å². The normalized spacial score (nSPS) is 23.7. The van der Waals surface area contributed by atoms with E-state index in [4.69, 9.17) is 9.47 Å². The number of phenols is 1. The van der Waals surface area contributed by atoms with E-state index >= 15 is 0 Å². The standard InChI is InChI=1S/C23H24N2O5/c1-22(2,3)30-21(28)24-16-10-17(26)18(29-4)9-14(16)20(27)25-15-8-6-5-7-13(15)11-23(25)12-19(23)24/h5-10,19,26H,11-12H2,1-4H3. The molecule has 1 N–H and O–H groups in total. The van der Waals surface area contributed by atoms with E-state index in [-0.39, 0.29) is 23.4 Å². The first-order valence-electron chi connectivity index (χ1n) is 10.0. The molecular formula is C23H24N2O5. The average Bonchev–Trinajstić information content (AvgIpc) is 3.25. The highest BCUT2D eigenvalue weighted by Crippen LogP contribution is 2.59. The van der Waals surface area contributed by atoms with Crippen molar-refractivity contribution >= 4 is 23.4 Å². The maximum Gasteiger partial charge on any atom is 0.415 e. The van der Waals surface area contributed by atoms with Gasteiger partial charge in [0.25, 0.3) is 5.91 Å². The molecule has 3 aliphatic rings. The zero-order valence-electron chi connectivity index (χ0n) is 17.4. The van der Waals surface area contributed by atoms with Gasteiger partial charge >= 0.3 is 6.09 Å². The molecule has 5 rings (SSSR count). The van der Waals surface area contributed by atoms with Gasteiger partial charge in [0.05, 0.1) is 29.9 Å². The molecule has 2 heterocycles.